The van der Waals surface area contributed by atoms with E-state index in [4.69, 9.17) is 11.8 Å². The van der Waals surface area contributed by atoms with Crippen molar-refractivity contribution in [2.75, 3.05) is 0 Å². The van der Waals surface area contributed by atoms with Gasteiger partial charge in [-0.1, -0.05) is 30.3 Å². The standard InChI is InChI=1S/C16H11N2.C11H8N.CN.Ir/c1-2-7-13(8-3-1)14-10-6-11-16(18-14)15-9-4-5-12-17-15;1-2-6-10(7-3-1)11-8-4-5-9-12-11;1-2;/h1-7,9-12H;1-6,8-9H;;/q3*-1;+3. The van der Waals surface area contributed by atoms with Gasteiger partial charge in [0.15, 0.2) is 0 Å². The van der Waals surface area contributed by atoms with E-state index in [2.05, 4.69) is 27.1 Å². The van der Waals surface area contributed by atoms with Gasteiger partial charge in [0.25, 0.3) is 0 Å². The molecule has 0 radical (unpaired) electrons. The molecule has 0 saturated heterocycles. The van der Waals surface area contributed by atoms with Gasteiger partial charge in [-0.3, -0.25) is 9.97 Å². The molecule has 0 N–H and O–H groups in total. The Bertz CT molecular complexity index is 1120. The van der Waals surface area contributed by atoms with E-state index < -0.39 is 0 Å². The minimum atomic E-state index is 0. The smallest absolute Gasteiger partial charge is 0.512 e. The van der Waals surface area contributed by atoms with Crippen LogP contribution in [-0.2, 0) is 20.1 Å². The number of hydrogen-bond donors (Lipinski definition) is 0. The van der Waals surface area contributed by atoms with Crippen molar-refractivity contribution in [2.45, 2.75) is 0 Å². The molecule has 0 aliphatic carbocycles. The van der Waals surface area contributed by atoms with E-state index in [1.54, 1.807) is 12.4 Å². The number of nitrogens with zero attached hydrogens (tertiary/aromatic N) is 4. The molecule has 0 amide bonds. The summed E-state index contributed by atoms with van der Waals surface area (Å²) in [6, 6.07) is 39.6. The zero-order chi connectivity index (χ0) is 22.4. The monoisotopic (exact) mass is 604 g/mol. The van der Waals surface area contributed by atoms with Crippen molar-refractivity contribution < 1.29 is 20.1 Å². The molecular weight excluding hydrogens is 585 g/mol. The maximum absolute atomic E-state index is 6.25. The van der Waals surface area contributed by atoms with Gasteiger partial charge < -0.3 is 16.8 Å². The van der Waals surface area contributed by atoms with Gasteiger partial charge in [-0.05, 0) is 35.7 Å². The van der Waals surface area contributed by atoms with Crippen molar-refractivity contribution in [3.8, 4) is 33.9 Å². The topological polar surface area (TPSA) is 62.5 Å². The second-order valence-corrected chi connectivity index (χ2v) is 6.39. The Morgan fingerprint density at radius 1 is 0.515 bits per heavy atom. The van der Waals surface area contributed by atoms with Crippen molar-refractivity contribution in [1.82, 2.24) is 15.0 Å². The molecule has 5 rings (SSSR count). The summed E-state index contributed by atoms with van der Waals surface area (Å²) in [5, 5.41) is 6.25. The van der Waals surface area contributed by atoms with Crippen LogP contribution in [0.3, 0.4) is 0 Å². The molecule has 5 heteroatoms. The van der Waals surface area contributed by atoms with Crippen molar-refractivity contribution >= 4 is 0 Å². The van der Waals surface area contributed by atoms with Crippen LogP contribution in [0.25, 0.3) is 33.9 Å². The van der Waals surface area contributed by atoms with Crippen molar-refractivity contribution in [3.05, 3.63) is 134 Å². The van der Waals surface area contributed by atoms with Gasteiger partial charge in [0.1, 0.15) is 0 Å². The zero-order valence-electron chi connectivity index (χ0n) is 17.6. The third kappa shape index (κ3) is 7.59. The van der Waals surface area contributed by atoms with Gasteiger partial charge in [0.05, 0.1) is 11.4 Å². The molecule has 0 spiro atoms. The molecular formula is C28H19IrN4. The van der Waals surface area contributed by atoms with Crippen LogP contribution >= 0.6 is 0 Å². The summed E-state index contributed by atoms with van der Waals surface area (Å²) < 4.78 is 0. The van der Waals surface area contributed by atoms with Crippen LogP contribution in [0.4, 0.5) is 0 Å². The predicted molar refractivity (Wildman–Crippen MR) is 125 cm³/mol. The summed E-state index contributed by atoms with van der Waals surface area (Å²) in [6.45, 7) is 4.75. The van der Waals surface area contributed by atoms with Gasteiger partial charge in [0.2, 0.25) is 0 Å². The Kier molecular flexibility index (Phi) is 10.9. The van der Waals surface area contributed by atoms with E-state index in [0.717, 1.165) is 33.9 Å². The molecule has 0 unspecified atom stereocenters. The molecule has 4 nitrogen and oxygen atoms in total. The van der Waals surface area contributed by atoms with Gasteiger partial charge in [-0.25, -0.2) is 0 Å². The number of hydrogen-bond acceptors (Lipinski definition) is 4. The number of benzene rings is 2. The second-order valence-electron chi connectivity index (χ2n) is 6.39. The molecule has 3 heterocycles. The molecule has 2 aromatic carbocycles. The first kappa shape index (κ1) is 25.3. The Hall–Kier alpha value is -3.97. The summed E-state index contributed by atoms with van der Waals surface area (Å²) in [6.07, 6.45) is 3.56. The first-order chi connectivity index (χ1) is 15.9. The van der Waals surface area contributed by atoms with Gasteiger partial charge >= 0.3 is 20.1 Å². The molecule has 0 fully saturated rings. The quantitative estimate of drug-likeness (QED) is 0.229. The van der Waals surface area contributed by atoms with Crippen molar-refractivity contribution in [2.24, 2.45) is 0 Å². The Labute approximate surface area is 208 Å². The van der Waals surface area contributed by atoms with E-state index >= 15 is 0 Å². The zero-order valence-corrected chi connectivity index (χ0v) is 20.0. The predicted octanol–water partition coefficient (Wildman–Crippen LogP) is 6.25. The summed E-state index contributed by atoms with van der Waals surface area (Å²) in [5.41, 5.74) is 5.69. The molecule has 0 aliphatic heterocycles. The van der Waals surface area contributed by atoms with E-state index in [1.807, 2.05) is 103 Å². The molecule has 0 saturated carbocycles. The van der Waals surface area contributed by atoms with E-state index in [0.29, 0.717) is 0 Å². The third-order valence-electron chi connectivity index (χ3n) is 4.31. The number of rotatable bonds is 3. The fraction of sp³-hybridized carbons (Fsp3) is 0. The van der Waals surface area contributed by atoms with Crippen molar-refractivity contribution in [3.63, 3.8) is 0 Å². The van der Waals surface area contributed by atoms with Crippen LogP contribution in [0.2, 0.25) is 0 Å². The largest absolute Gasteiger partial charge is 3.00 e. The summed E-state index contributed by atoms with van der Waals surface area (Å²) in [4.78, 5) is 13.1. The number of pyridine rings is 3. The van der Waals surface area contributed by atoms with Crippen LogP contribution in [0.5, 0.6) is 0 Å². The summed E-state index contributed by atoms with van der Waals surface area (Å²) >= 11 is 0. The third-order valence-corrected chi connectivity index (χ3v) is 4.31. The summed E-state index contributed by atoms with van der Waals surface area (Å²) in [7, 11) is 0. The SMILES string of the molecule is [C-]#N.[Ir+3].[c-]1ccccc1-c1cccc(-c2ccccn2)n1.[c-]1ccccc1-c1ccccn1. The summed E-state index contributed by atoms with van der Waals surface area (Å²) in [5.74, 6) is 0. The normalized spacial score (nSPS) is 9.15. The van der Waals surface area contributed by atoms with Gasteiger partial charge in [0, 0.05) is 12.4 Å². The molecule has 0 bridgehead atoms. The van der Waals surface area contributed by atoms with E-state index in [1.165, 1.54) is 0 Å². The van der Waals surface area contributed by atoms with Crippen LogP contribution in [0, 0.1) is 24.0 Å². The average Bonchev–Trinajstić information content (AvgIpc) is 2.92. The Balaban J connectivity index is 0.000000225. The number of aromatic nitrogens is 3. The minimum Gasteiger partial charge on any atom is -0.512 e. The molecule has 0 atom stereocenters. The minimum absolute atomic E-state index is 0. The van der Waals surface area contributed by atoms with E-state index in [9.17, 15) is 0 Å². The maximum Gasteiger partial charge on any atom is 3.00 e. The Morgan fingerprint density at radius 2 is 1.00 bits per heavy atom. The van der Waals surface area contributed by atoms with Gasteiger partial charge in [-0.2, -0.15) is 0 Å². The molecule has 33 heavy (non-hydrogen) atoms. The Morgan fingerprint density at radius 3 is 1.52 bits per heavy atom. The van der Waals surface area contributed by atoms with E-state index in [-0.39, 0.29) is 20.1 Å². The van der Waals surface area contributed by atoms with Crippen LogP contribution in [-0.4, -0.2) is 15.0 Å². The molecule has 5 aromatic rings. The van der Waals surface area contributed by atoms with Crippen molar-refractivity contribution in [1.29, 1.82) is 5.26 Å². The second kappa shape index (κ2) is 14.2. The fourth-order valence-corrected chi connectivity index (χ4v) is 2.87. The molecule has 0 aliphatic rings. The van der Waals surface area contributed by atoms with Crippen LogP contribution < -0.4 is 0 Å². The average molecular weight is 604 g/mol. The van der Waals surface area contributed by atoms with Crippen LogP contribution in [0.15, 0.2) is 116 Å². The fourth-order valence-electron chi connectivity index (χ4n) is 2.87. The molecule has 160 valence electrons. The first-order valence-corrected chi connectivity index (χ1v) is 9.86. The van der Waals surface area contributed by atoms with Crippen LogP contribution in [0.1, 0.15) is 0 Å². The first-order valence-electron chi connectivity index (χ1n) is 9.86. The van der Waals surface area contributed by atoms with Gasteiger partial charge in [-0.15, -0.1) is 71.8 Å². The maximum atomic E-state index is 6.25. The molecule has 3 aromatic heterocycles.